The third-order valence-electron chi connectivity index (χ3n) is 3.44. The molecule has 21 heavy (non-hydrogen) atoms. The number of nitrogens with zero attached hydrogens (tertiary/aromatic N) is 2. The van der Waals surface area contributed by atoms with Gasteiger partial charge in [-0.3, -0.25) is 14.5 Å². The number of hydrogen-bond acceptors (Lipinski definition) is 3. The number of amides is 1. The van der Waals surface area contributed by atoms with Gasteiger partial charge in [-0.05, 0) is 31.7 Å². The molecule has 0 bridgehead atoms. The van der Waals surface area contributed by atoms with Crippen LogP contribution in [0.1, 0.15) is 24.9 Å². The maximum atomic E-state index is 12.2. The van der Waals surface area contributed by atoms with Gasteiger partial charge in [-0.25, -0.2) is 0 Å². The number of hydrogen-bond donors (Lipinski definition) is 1. The first-order chi connectivity index (χ1) is 9.81. The quantitative estimate of drug-likeness (QED) is 0.839. The number of halogens is 1. The van der Waals surface area contributed by atoms with Crippen molar-refractivity contribution in [1.82, 2.24) is 9.80 Å². The SMILES string of the molecule is CC(c1ccc(Cl)cc1)N(C)C(=O)CN(C)CCC(=O)O. The van der Waals surface area contributed by atoms with Gasteiger partial charge in [0, 0.05) is 18.6 Å². The Morgan fingerprint density at radius 1 is 1.24 bits per heavy atom. The molecule has 5 nitrogen and oxygen atoms in total. The van der Waals surface area contributed by atoms with Crippen molar-refractivity contribution in [3.8, 4) is 0 Å². The van der Waals surface area contributed by atoms with Crippen molar-refractivity contribution in [1.29, 1.82) is 0 Å². The summed E-state index contributed by atoms with van der Waals surface area (Å²) in [6.07, 6.45) is 0.0280. The molecule has 0 aliphatic heterocycles. The molecule has 0 aliphatic carbocycles. The van der Waals surface area contributed by atoms with E-state index in [1.165, 1.54) is 0 Å². The number of benzene rings is 1. The fourth-order valence-corrected chi connectivity index (χ4v) is 2.01. The molecule has 1 atom stereocenters. The molecule has 0 saturated heterocycles. The van der Waals surface area contributed by atoms with E-state index in [9.17, 15) is 9.59 Å². The minimum atomic E-state index is -0.864. The van der Waals surface area contributed by atoms with Crippen molar-refractivity contribution in [2.24, 2.45) is 0 Å². The normalized spacial score (nSPS) is 12.2. The van der Waals surface area contributed by atoms with Crippen LogP contribution in [0.5, 0.6) is 0 Å². The maximum Gasteiger partial charge on any atom is 0.304 e. The molecular weight excluding hydrogens is 292 g/mol. The van der Waals surface area contributed by atoms with E-state index in [-0.39, 0.29) is 24.9 Å². The lowest BCUT2D eigenvalue weighted by Crippen LogP contribution is -2.38. The summed E-state index contributed by atoms with van der Waals surface area (Å²) in [5.74, 6) is -0.914. The lowest BCUT2D eigenvalue weighted by molar-refractivity contribution is -0.138. The number of carboxylic acids is 1. The van der Waals surface area contributed by atoms with Gasteiger partial charge in [0.2, 0.25) is 5.91 Å². The summed E-state index contributed by atoms with van der Waals surface area (Å²) in [5, 5.41) is 9.29. The van der Waals surface area contributed by atoms with Gasteiger partial charge in [0.15, 0.2) is 0 Å². The van der Waals surface area contributed by atoms with Crippen LogP contribution in [0.3, 0.4) is 0 Å². The van der Waals surface area contributed by atoms with Crippen LogP contribution in [0.2, 0.25) is 5.02 Å². The zero-order valence-electron chi connectivity index (χ0n) is 12.5. The lowest BCUT2D eigenvalue weighted by atomic mass is 10.1. The maximum absolute atomic E-state index is 12.2. The van der Waals surface area contributed by atoms with Crippen LogP contribution >= 0.6 is 11.6 Å². The standard InChI is InChI=1S/C15H21ClN2O3/c1-11(12-4-6-13(16)7-5-12)18(3)14(19)10-17(2)9-8-15(20)21/h4-7,11H,8-10H2,1-3H3,(H,20,21). The van der Waals surface area contributed by atoms with Crippen LogP contribution in [0, 0.1) is 0 Å². The summed E-state index contributed by atoms with van der Waals surface area (Å²) in [6, 6.07) is 7.31. The second-order valence-corrected chi connectivity index (χ2v) is 5.55. The van der Waals surface area contributed by atoms with Gasteiger partial charge in [0.25, 0.3) is 0 Å². The third-order valence-corrected chi connectivity index (χ3v) is 3.69. The molecule has 0 radical (unpaired) electrons. The molecule has 1 aromatic rings. The van der Waals surface area contributed by atoms with Crippen LogP contribution in [0.25, 0.3) is 0 Å². The zero-order chi connectivity index (χ0) is 16.0. The highest BCUT2D eigenvalue weighted by Crippen LogP contribution is 2.20. The van der Waals surface area contributed by atoms with E-state index in [2.05, 4.69) is 0 Å². The van der Waals surface area contributed by atoms with Gasteiger partial charge in [-0.1, -0.05) is 23.7 Å². The molecule has 1 unspecified atom stereocenters. The van der Waals surface area contributed by atoms with Gasteiger partial charge in [0.1, 0.15) is 0 Å². The van der Waals surface area contributed by atoms with Gasteiger partial charge in [-0.15, -0.1) is 0 Å². The van der Waals surface area contributed by atoms with Crippen molar-refractivity contribution in [3.05, 3.63) is 34.9 Å². The van der Waals surface area contributed by atoms with Crippen molar-refractivity contribution < 1.29 is 14.7 Å². The van der Waals surface area contributed by atoms with Crippen LogP contribution < -0.4 is 0 Å². The number of carboxylic acid groups (broad SMARTS) is 1. The fourth-order valence-electron chi connectivity index (χ4n) is 1.89. The molecule has 0 fully saturated rings. The average Bonchev–Trinajstić information content (AvgIpc) is 2.44. The molecular formula is C15H21ClN2O3. The smallest absolute Gasteiger partial charge is 0.304 e. The predicted octanol–water partition coefficient (Wildman–Crippen LogP) is 2.27. The van der Waals surface area contributed by atoms with E-state index in [1.54, 1.807) is 36.0 Å². The Balaban J connectivity index is 2.56. The van der Waals surface area contributed by atoms with E-state index in [4.69, 9.17) is 16.7 Å². The molecule has 1 N–H and O–H groups in total. The molecule has 6 heteroatoms. The number of likely N-dealkylation sites (N-methyl/N-ethyl adjacent to an activating group) is 2. The lowest BCUT2D eigenvalue weighted by Gasteiger charge is -2.27. The zero-order valence-corrected chi connectivity index (χ0v) is 13.3. The van der Waals surface area contributed by atoms with Gasteiger partial charge in [-0.2, -0.15) is 0 Å². The molecule has 1 aromatic carbocycles. The Bertz CT molecular complexity index is 490. The monoisotopic (exact) mass is 312 g/mol. The number of carbonyl (C=O) groups is 2. The van der Waals surface area contributed by atoms with Crippen molar-refractivity contribution in [2.75, 3.05) is 27.2 Å². The van der Waals surface area contributed by atoms with Crippen molar-refractivity contribution in [2.45, 2.75) is 19.4 Å². The van der Waals surface area contributed by atoms with E-state index in [0.29, 0.717) is 11.6 Å². The molecule has 1 amide bonds. The van der Waals surface area contributed by atoms with E-state index >= 15 is 0 Å². The van der Waals surface area contributed by atoms with E-state index < -0.39 is 5.97 Å². The summed E-state index contributed by atoms with van der Waals surface area (Å²) < 4.78 is 0. The highest BCUT2D eigenvalue weighted by molar-refractivity contribution is 6.30. The summed E-state index contributed by atoms with van der Waals surface area (Å²) in [6.45, 7) is 2.49. The Morgan fingerprint density at radius 3 is 2.33 bits per heavy atom. The second kappa shape index (κ2) is 8.00. The second-order valence-electron chi connectivity index (χ2n) is 5.11. The van der Waals surface area contributed by atoms with Crippen molar-refractivity contribution in [3.63, 3.8) is 0 Å². The molecule has 0 aliphatic rings. The first kappa shape index (κ1) is 17.5. The van der Waals surface area contributed by atoms with Crippen LogP contribution in [0.15, 0.2) is 24.3 Å². The Labute approximate surface area is 130 Å². The fraction of sp³-hybridized carbons (Fsp3) is 0.467. The highest BCUT2D eigenvalue weighted by atomic mass is 35.5. The predicted molar refractivity (Wildman–Crippen MR) is 82.4 cm³/mol. The Kier molecular flexibility index (Phi) is 6.65. The minimum absolute atomic E-state index is 0.0280. The molecule has 0 heterocycles. The Hall–Kier alpha value is -1.59. The molecule has 116 valence electrons. The summed E-state index contributed by atoms with van der Waals surface area (Å²) >= 11 is 5.85. The average molecular weight is 313 g/mol. The molecule has 0 spiro atoms. The summed E-state index contributed by atoms with van der Waals surface area (Å²) in [5.41, 5.74) is 1.00. The Morgan fingerprint density at radius 2 is 1.81 bits per heavy atom. The van der Waals surface area contributed by atoms with Crippen LogP contribution in [-0.2, 0) is 9.59 Å². The third kappa shape index (κ3) is 5.73. The minimum Gasteiger partial charge on any atom is -0.481 e. The number of aliphatic carboxylic acids is 1. The van der Waals surface area contributed by atoms with Crippen LogP contribution in [-0.4, -0.2) is 54.0 Å². The first-order valence-corrected chi connectivity index (χ1v) is 7.10. The van der Waals surface area contributed by atoms with Gasteiger partial charge >= 0.3 is 5.97 Å². The van der Waals surface area contributed by atoms with E-state index in [0.717, 1.165) is 5.56 Å². The first-order valence-electron chi connectivity index (χ1n) is 6.72. The molecule has 0 aromatic heterocycles. The molecule has 0 saturated carbocycles. The number of carbonyl (C=O) groups excluding carboxylic acids is 1. The number of rotatable bonds is 7. The topological polar surface area (TPSA) is 60.9 Å². The van der Waals surface area contributed by atoms with E-state index in [1.807, 2.05) is 19.1 Å². The van der Waals surface area contributed by atoms with Crippen molar-refractivity contribution >= 4 is 23.5 Å². The summed E-state index contributed by atoms with van der Waals surface area (Å²) in [4.78, 5) is 26.1. The van der Waals surface area contributed by atoms with Crippen LogP contribution in [0.4, 0.5) is 0 Å². The van der Waals surface area contributed by atoms with Gasteiger partial charge in [0.05, 0.1) is 19.0 Å². The van der Waals surface area contributed by atoms with Gasteiger partial charge < -0.3 is 10.0 Å². The molecule has 1 rings (SSSR count). The summed E-state index contributed by atoms with van der Waals surface area (Å²) in [7, 11) is 3.48. The largest absolute Gasteiger partial charge is 0.481 e. The highest BCUT2D eigenvalue weighted by Gasteiger charge is 2.18.